The third-order valence-corrected chi connectivity index (χ3v) is 5.96. The molecule has 0 fully saturated rings. The zero-order valence-electron chi connectivity index (χ0n) is 16.8. The largest absolute Gasteiger partial charge is 0.505 e. The second kappa shape index (κ2) is 7.54. The van der Waals surface area contributed by atoms with E-state index in [0.29, 0.717) is 39.1 Å². The Hall–Kier alpha value is -3.68. The first-order chi connectivity index (χ1) is 15.0. The molecular formula is C23H21FN4O3. The Morgan fingerprint density at radius 3 is 2.23 bits per heavy atom. The van der Waals surface area contributed by atoms with Crippen molar-refractivity contribution >= 4 is 11.8 Å². The number of hydrogen-bond donors (Lipinski definition) is 1. The molecule has 0 aliphatic carbocycles. The average molecular weight is 420 g/mol. The molecule has 2 aromatic heterocycles. The molecule has 0 atom stereocenters. The highest BCUT2D eigenvalue weighted by molar-refractivity contribution is 6.05. The fourth-order valence-corrected chi connectivity index (χ4v) is 4.39. The summed E-state index contributed by atoms with van der Waals surface area (Å²) in [5, 5.41) is 10.9. The van der Waals surface area contributed by atoms with E-state index >= 15 is 0 Å². The van der Waals surface area contributed by atoms with Crippen LogP contribution in [0.5, 0.6) is 5.75 Å². The van der Waals surface area contributed by atoms with Crippen molar-refractivity contribution in [3.05, 3.63) is 82.7 Å². The molecule has 1 aromatic carbocycles. The highest BCUT2D eigenvalue weighted by Gasteiger charge is 2.39. The third-order valence-electron chi connectivity index (χ3n) is 5.96. The maximum atomic E-state index is 13.2. The molecule has 2 aliphatic heterocycles. The van der Waals surface area contributed by atoms with Crippen molar-refractivity contribution in [2.75, 3.05) is 13.1 Å². The molecule has 31 heavy (non-hydrogen) atoms. The number of carbonyl (C=O) groups is 2. The van der Waals surface area contributed by atoms with Crippen molar-refractivity contribution in [3.8, 4) is 5.75 Å². The Labute approximate surface area is 178 Å². The summed E-state index contributed by atoms with van der Waals surface area (Å²) in [6.07, 6.45) is 3.93. The third kappa shape index (κ3) is 3.34. The number of halogens is 1. The van der Waals surface area contributed by atoms with Crippen LogP contribution in [0.1, 0.15) is 37.7 Å². The molecule has 0 bridgehead atoms. The van der Waals surface area contributed by atoms with Gasteiger partial charge in [-0.1, -0.05) is 12.1 Å². The topological polar surface area (TPSA) is 78.7 Å². The Morgan fingerprint density at radius 1 is 0.871 bits per heavy atom. The maximum Gasteiger partial charge on any atom is 0.274 e. The van der Waals surface area contributed by atoms with Crippen molar-refractivity contribution in [1.82, 2.24) is 19.4 Å². The van der Waals surface area contributed by atoms with Gasteiger partial charge in [0.25, 0.3) is 11.8 Å². The summed E-state index contributed by atoms with van der Waals surface area (Å²) in [7, 11) is 0. The molecule has 0 unspecified atom stereocenters. The lowest BCUT2D eigenvalue weighted by molar-refractivity contribution is 0.0680. The molecule has 1 N–H and O–H groups in total. The van der Waals surface area contributed by atoms with Crippen molar-refractivity contribution in [3.63, 3.8) is 0 Å². The SMILES string of the molecule is O=C1c2c(O)c3n(c2CCN1Cc1ccncc1)CCN(Cc1ccc(F)cc1)C3=O. The van der Waals surface area contributed by atoms with Crippen LogP contribution in [-0.4, -0.2) is 49.4 Å². The predicted molar refractivity (Wildman–Crippen MR) is 110 cm³/mol. The number of fused-ring (bicyclic) bond motifs is 3. The molecule has 2 aliphatic rings. The molecule has 0 spiro atoms. The Morgan fingerprint density at radius 2 is 1.52 bits per heavy atom. The standard InChI is InChI=1S/C23H21FN4O3/c24-17-3-1-15(2-4-17)13-27-11-12-28-18-7-10-26(14-16-5-8-25-9-6-16)22(30)19(18)21(29)20(28)23(27)31/h1-6,8-9,29H,7,10-14H2. The average Bonchev–Trinajstić information content (AvgIpc) is 3.07. The minimum Gasteiger partial charge on any atom is -0.505 e. The van der Waals surface area contributed by atoms with Gasteiger partial charge in [-0.15, -0.1) is 0 Å². The van der Waals surface area contributed by atoms with E-state index in [1.165, 1.54) is 12.1 Å². The number of pyridine rings is 1. The lowest BCUT2D eigenvalue weighted by Gasteiger charge is -2.31. The number of carbonyl (C=O) groups excluding carboxylic acids is 2. The van der Waals surface area contributed by atoms with E-state index in [9.17, 15) is 19.1 Å². The molecular weight excluding hydrogens is 399 g/mol. The van der Waals surface area contributed by atoms with Gasteiger partial charge < -0.3 is 19.5 Å². The lowest BCUT2D eigenvalue weighted by Crippen LogP contribution is -2.41. The first-order valence-corrected chi connectivity index (χ1v) is 10.2. The van der Waals surface area contributed by atoms with Gasteiger partial charge in [0.05, 0.1) is 0 Å². The summed E-state index contributed by atoms with van der Waals surface area (Å²) < 4.78 is 15.0. The number of aromatic nitrogens is 2. The van der Waals surface area contributed by atoms with E-state index in [4.69, 9.17) is 0 Å². The van der Waals surface area contributed by atoms with Gasteiger partial charge in [0.1, 0.15) is 11.4 Å². The fourth-order valence-electron chi connectivity index (χ4n) is 4.39. The molecule has 5 rings (SSSR count). The highest BCUT2D eigenvalue weighted by Crippen LogP contribution is 2.37. The molecule has 2 amide bonds. The number of benzene rings is 1. The van der Waals surface area contributed by atoms with E-state index < -0.39 is 0 Å². The van der Waals surface area contributed by atoms with Crippen molar-refractivity contribution < 1.29 is 19.1 Å². The normalized spacial score (nSPS) is 15.8. The van der Waals surface area contributed by atoms with E-state index in [1.54, 1.807) is 38.9 Å². The smallest absolute Gasteiger partial charge is 0.274 e. The van der Waals surface area contributed by atoms with Crippen LogP contribution in [0.25, 0.3) is 0 Å². The number of hydrogen-bond acceptors (Lipinski definition) is 4. The van der Waals surface area contributed by atoms with E-state index in [1.807, 2.05) is 12.1 Å². The zero-order valence-corrected chi connectivity index (χ0v) is 16.8. The molecule has 0 radical (unpaired) electrons. The van der Waals surface area contributed by atoms with Crippen molar-refractivity contribution in [1.29, 1.82) is 0 Å². The molecule has 0 saturated carbocycles. The summed E-state index contributed by atoms with van der Waals surface area (Å²) in [5.74, 6) is -1.16. The molecule has 0 saturated heterocycles. The van der Waals surface area contributed by atoms with Gasteiger partial charge in [0.2, 0.25) is 0 Å². The number of rotatable bonds is 4. The second-order valence-corrected chi connectivity index (χ2v) is 7.86. The van der Waals surface area contributed by atoms with Crippen LogP contribution in [0.3, 0.4) is 0 Å². The molecule has 4 heterocycles. The lowest BCUT2D eigenvalue weighted by atomic mass is 10.1. The van der Waals surface area contributed by atoms with Crippen LogP contribution < -0.4 is 0 Å². The second-order valence-electron chi connectivity index (χ2n) is 7.86. The minimum atomic E-state index is -0.331. The fraction of sp³-hybridized carbons (Fsp3) is 0.261. The van der Waals surface area contributed by atoms with Crippen LogP contribution in [0.4, 0.5) is 4.39 Å². The Balaban J connectivity index is 1.42. The quantitative estimate of drug-likeness (QED) is 0.704. The molecule has 3 aromatic rings. The molecule has 8 heteroatoms. The summed E-state index contributed by atoms with van der Waals surface area (Å²) in [5.41, 5.74) is 2.87. The summed E-state index contributed by atoms with van der Waals surface area (Å²) in [6, 6.07) is 9.70. The number of amides is 2. The van der Waals surface area contributed by atoms with Gasteiger partial charge in [0.15, 0.2) is 11.4 Å². The van der Waals surface area contributed by atoms with Crippen LogP contribution >= 0.6 is 0 Å². The van der Waals surface area contributed by atoms with Gasteiger partial charge in [-0.25, -0.2) is 4.39 Å². The number of aromatic hydroxyl groups is 1. The van der Waals surface area contributed by atoms with E-state index in [2.05, 4.69) is 4.98 Å². The van der Waals surface area contributed by atoms with Gasteiger partial charge >= 0.3 is 0 Å². The first kappa shape index (κ1) is 19.3. The van der Waals surface area contributed by atoms with E-state index in [0.717, 1.165) is 16.8 Å². The first-order valence-electron chi connectivity index (χ1n) is 10.2. The van der Waals surface area contributed by atoms with Crippen LogP contribution in [0, 0.1) is 5.82 Å². The van der Waals surface area contributed by atoms with Gasteiger partial charge in [-0.3, -0.25) is 14.6 Å². The van der Waals surface area contributed by atoms with Gasteiger partial charge in [-0.2, -0.15) is 0 Å². The van der Waals surface area contributed by atoms with Gasteiger partial charge in [0, 0.05) is 57.2 Å². The molecule has 7 nitrogen and oxygen atoms in total. The van der Waals surface area contributed by atoms with Crippen LogP contribution in [-0.2, 0) is 26.1 Å². The monoisotopic (exact) mass is 420 g/mol. The van der Waals surface area contributed by atoms with Gasteiger partial charge in [-0.05, 0) is 35.4 Å². The van der Waals surface area contributed by atoms with Crippen LogP contribution in [0.15, 0.2) is 48.8 Å². The summed E-state index contributed by atoms with van der Waals surface area (Å²) >= 11 is 0. The predicted octanol–water partition coefficient (Wildman–Crippen LogP) is 2.58. The summed E-state index contributed by atoms with van der Waals surface area (Å²) in [6.45, 7) is 2.22. The number of nitrogens with zero attached hydrogens (tertiary/aromatic N) is 4. The zero-order chi connectivity index (χ0) is 21.5. The Bertz CT molecular complexity index is 1160. The minimum absolute atomic E-state index is 0.164. The molecule has 158 valence electrons. The van der Waals surface area contributed by atoms with Crippen molar-refractivity contribution in [2.45, 2.75) is 26.1 Å². The maximum absolute atomic E-state index is 13.2. The van der Waals surface area contributed by atoms with E-state index in [-0.39, 0.29) is 34.6 Å². The van der Waals surface area contributed by atoms with Crippen molar-refractivity contribution in [2.24, 2.45) is 0 Å². The van der Waals surface area contributed by atoms with Crippen LogP contribution in [0.2, 0.25) is 0 Å². The highest BCUT2D eigenvalue weighted by atomic mass is 19.1. The summed E-state index contributed by atoms with van der Waals surface area (Å²) in [4.78, 5) is 33.6. The Kier molecular flexibility index (Phi) is 4.69.